The first-order valence-corrected chi connectivity index (χ1v) is 4.40. The minimum Gasteiger partial charge on any atom is -0.398 e. The summed E-state index contributed by atoms with van der Waals surface area (Å²) >= 11 is 5.71. The number of nitrogens with one attached hydrogen (secondary N) is 1. The van der Waals surface area contributed by atoms with E-state index in [2.05, 4.69) is 4.98 Å². The molecule has 15 heavy (non-hydrogen) atoms. The molecule has 0 spiro atoms. The molecule has 2 rings (SSSR count). The molecule has 0 amide bonds. The van der Waals surface area contributed by atoms with Crippen molar-refractivity contribution in [1.29, 1.82) is 0 Å². The maximum absolute atomic E-state index is 12.5. The van der Waals surface area contributed by atoms with E-state index in [9.17, 15) is 13.2 Å². The second-order valence-electron chi connectivity index (χ2n) is 3.12. The van der Waals surface area contributed by atoms with Crippen LogP contribution in [0.25, 0.3) is 10.9 Å². The van der Waals surface area contributed by atoms with E-state index in [1.165, 1.54) is 12.3 Å². The van der Waals surface area contributed by atoms with Gasteiger partial charge in [-0.15, -0.1) is 0 Å². The van der Waals surface area contributed by atoms with Gasteiger partial charge >= 0.3 is 6.18 Å². The monoisotopic (exact) mass is 234 g/mol. The van der Waals surface area contributed by atoms with E-state index >= 15 is 0 Å². The molecule has 0 unspecified atom stereocenters. The zero-order valence-corrected chi connectivity index (χ0v) is 8.08. The number of nitrogens with two attached hydrogens (primary N) is 1. The van der Waals surface area contributed by atoms with E-state index < -0.39 is 11.7 Å². The number of hydrogen-bond donors (Lipinski definition) is 2. The fourth-order valence-corrected chi connectivity index (χ4v) is 1.61. The smallest absolute Gasteiger partial charge is 0.398 e. The summed E-state index contributed by atoms with van der Waals surface area (Å²) in [5.74, 6) is 0. The van der Waals surface area contributed by atoms with Crippen LogP contribution < -0.4 is 5.73 Å². The van der Waals surface area contributed by atoms with Gasteiger partial charge in [-0.3, -0.25) is 0 Å². The first kappa shape index (κ1) is 10.2. The van der Waals surface area contributed by atoms with Crippen molar-refractivity contribution in [3.63, 3.8) is 0 Å². The van der Waals surface area contributed by atoms with Gasteiger partial charge < -0.3 is 10.7 Å². The highest BCUT2D eigenvalue weighted by atomic mass is 35.5. The van der Waals surface area contributed by atoms with E-state index in [1.807, 2.05) is 0 Å². The van der Waals surface area contributed by atoms with Crippen LogP contribution in [0.15, 0.2) is 18.3 Å². The van der Waals surface area contributed by atoms with Crippen LogP contribution in [0.3, 0.4) is 0 Å². The van der Waals surface area contributed by atoms with Crippen molar-refractivity contribution in [2.24, 2.45) is 0 Å². The number of benzene rings is 1. The highest BCUT2D eigenvalue weighted by Crippen LogP contribution is 2.37. The topological polar surface area (TPSA) is 41.8 Å². The lowest BCUT2D eigenvalue weighted by Crippen LogP contribution is -2.08. The summed E-state index contributed by atoms with van der Waals surface area (Å²) in [6, 6.07) is 2.17. The van der Waals surface area contributed by atoms with Gasteiger partial charge in [-0.25, -0.2) is 0 Å². The third-order valence-electron chi connectivity index (χ3n) is 2.11. The van der Waals surface area contributed by atoms with Crippen molar-refractivity contribution in [2.75, 3.05) is 5.73 Å². The first-order valence-electron chi connectivity index (χ1n) is 4.03. The molecule has 3 N–H and O–H groups in total. The number of anilines is 1. The van der Waals surface area contributed by atoms with Gasteiger partial charge in [0.1, 0.15) is 0 Å². The Bertz CT molecular complexity index is 516. The predicted octanol–water partition coefficient (Wildman–Crippen LogP) is 3.42. The third kappa shape index (κ3) is 1.63. The highest BCUT2D eigenvalue weighted by molar-refractivity contribution is 6.35. The zero-order chi connectivity index (χ0) is 11.2. The maximum atomic E-state index is 12.5. The number of fused-ring (bicyclic) bond motifs is 1. The molecule has 1 aromatic heterocycles. The molecule has 0 saturated heterocycles. The van der Waals surface area contributed by atoms with Crippen LogP contribution in [0, 0.1) is 0 Å². The van der Waals surface area contributed by atoms with Crippen LogP contribution in [0.1, 0.15) is 5.56 Å². The summed E-state index contributed by atoms with van der Waals surface area (Å²) in [5.41, 5.74) is 4.61. The molecule has 0 radical (unpaired) electrons. The number of alkyl halides is 3. The van der Waals surface area contributed by atoms with Crippen LogP contribution in [0.5, 0.6) is 0 Å². The lowest BCUT2D eigenvalue weighted by molar-refractivity contribution is -0.136. The molecule has 0 aliphatic rings. The molecule has 6 heteroatoms. The molecule has 0 aliphatic heterocycles. The summed E-state index contributed by atoms with van der Waals surface area (Å²) in [7, 11) is 0. The molecule has 0 saturated carbocycles. The Hall–Kier alpha value is -1.36. The van der Waals surface area contributed by atoms with Crippen LogP contribution in [-0.4, -0.2) is 4.98 Å². The molecule has 2 aromatic rings. The van der Waals surface area contributed by atoms with Gasteiger partial charge in [-0.1, -0.05) is 11.6 Å². The van der Waals surface area contributed by atoms with Gasteiger partial charge in [0.05, 0.1) is 10.6 Å². The van der Waals surface area contributed by atoms with Crippen LogP contribution in [-0.2, 0) is 6.18 Å². The summed E-state index contributed by atoms with van der Waals surface area (Å²) in [6.07, 6.45) is -3.04. The predicted molar refractivity (Wildman–Crippen MR) is 52.7 cm³/mol. The Kier molecular flexibility index (Phi) is 2.08. The molecule has 80 valence electrons. The number of aromatic amines is 1. The molecule has 1 heterocycles. The SMILES string of the molecule is Nc1cc2[nH]cc(Cl)c2cc1C(F)(F)F. The Morgan fingerprint density at radius 1 is 1.27 bits per heavy atom. The van der Waals surface area contributed by atoms with Crippen molar-refractivity contribution in [2.45, 2.75) is 6.18 Å². The van der Waals surface area contributed by atoms with Crippen molar-refractivity contribution in [3.05, 3.63) is 28.9 Å². The average Bonchev–Trinajstić information content (AvgIpc) is 2.44. The fourth-order valence-electron chi connectivity index (χ4n) is 1.40. The van der Waals surface area contributed by atoms with Crippen LogP contribution >= 0.6 is 11.6 Å². The van der Waals surface area contributed by atoms with E-state index in [1.54, 1.807) is 0 Å². The van der Waals surface area contributed by atoms with E-state index in [4.69, 9.17) is 17.3 Å². The fraction of sp³-hybridized carbons (Fsp3) is 0.111. The second kappa shape index (κ2) is 3.06. The second-order valence-corrected chi connectivity index (χ2v) is 3.53. The third-order valence-corrected chi connectivity index (χ3v) is 2.42. The molecule has 0 bridgehead atoms. The van der Waals surface area contributed by atoms with Gasteiger partial charge in [0.25, 0.3) is 0 Å². The summed E-state index contributed by atoms with van der Waals surface area (Å²) < 4.78 is 37.4. The standard InChI is InChI=1S/C9H6ClF3N2/c10-6-3-15-8-2-7(14)5(1-4(6)8)9(11,12)13/h1-3,15H,14H2. The summed E-state index contributed by atoms with van der Waals surface area (Å²) in [6.45, 7) is 0. The molecular formula is C9H6ClF3N2. The number of aromatic nitrogens is 1. The number of hydrogen-bond acceptors (Lipinski definition) is 1. The minimum atomic E-state index is -4.46. The van der Waals surface area contributed by atoms with Crippen LogP contribution in [0.4, 0.5) is 18.9 Å². The first-order chi connectivity index (χ1) is 6.89. The Morgan fingerprint density at radius 2 is 1.93 bits per heavy atom. The van der Waals surface area contributed by atoms with Crippen molar-refractivity contribution >= 4 is 28.2 Å². The zero-order valence-electron chi connectivity index (χ0n) is 7.32. The molecule has 0 aliphatic carbocycles. The molecule has 2 nitrogen and oxygen atoms in total. The van der Waals surface area contributed by atoms with Crippen LogP contribution in [0.2, 0.25) is 5.02 Å². The normalized spacial score (nSPS) is 12.3. The van der Waals surface area contributed by atoms with Gasteiger partial charge in [0.2, 0.25) is 0 Å². The number of halogens is 4. The maximum Gasteiger partial charge on any atom is 0.418 e. The molecule has 0 fully saturated rings. The lowest BCUT2D eigenvalue weighted by atomic mass is 10.1. The molecule has 1 aromatic carbocycles. The Morgan fingerprint density at radius 3 is 2.53 bits per heavy atom. The van der Waals surface area contributed by atoms with Crippen molar-refractivity contribution in [1.82, 2.24) is 4.98 Å². The van der Waals surface area contributed by atoms with Gasteiger partial charge in [-0.2, -0.15) is 13.2 Å². The van der Waals surface area contributed by atoms with E-state index in [0.717, 1.165) is 6.07 Å². The van der Waals surface area contributed by atoms with Gasteiger partial charge in [0.15, 0.2) is 0 Å². The Labute approximate surface area is 87.8 Å². The largest absolute Gasteiger partial charge is 0.418 e. The van der Waals surface area contributed by atoms with E-state index in [0.29, 0.717) is 10.9 Å². The van der Waals surface area contributed by atoms with Crippen molar-refractivity contribution < 1.29 is 13.2 Å². The average molecular weight is 235 g/mol. The Balaban J connectivity index is 2.76. The van der Waals surface area contributed by atoms with E-state index in [-0.39, 0.29) is 10.7 Å². The van der Waals surface area contributed by atoms with Gasteiger partial charge in [-0.05, 0) is 12.1 Å². The van der Waals surface area contributed by atoms with Gasteiger partial charge in [0, 0.05) is 22.8 Å². The summed E-state index contributed by atoms with van der Waals surface area (Å²) in [5, 5.41) is 0.564. The minimum absolute atomic E-state index is 0.246. The summed E-state index contributed by atoms with van der Waals surface area (Å²) in [4.78, 5) is 2.73. The van der Waals surface area contributed by atoms with Crippen molar-refractivity contribution in [3.8, 4) is 0 Å². The number of rotatable bonds is 0. The quantitative estimate of drug-likeness (QED) is 0.674. The molecular weight excluding hydrogens is 229 g/mol. The lowest BCUT2D eigenvalue weighted by Gasteiger charge is -2.09. The highest BCUT2D eigenvalue weighted by Gasteiger charge is 2.33. The molecule has 0 atom stereocenters. The number of nitrogen functional groups attached to an aromatic ring is 1. The number of H-pyrrole nitrogens is 1.